The molecule has 140 valence electrons. The maximum absolute atomic E-state index is 10.4. The molecule has 3 rings (SSSR count). The van der Waals surface area contributed by atoms with E-state index in [1.54, 1.807) is 0 Å². The molecule has 0 spiro atoms. The molecule has 4 unspecified atom stereocenters. The first-order valence-electron chi connectivity index (χ1n) is 9.64. The van der Waals surface area contributed by atoms with Crippen LogP contribution in [0.2, 0.25) is 0 Å². The average molecular weight is 348 g/mol. The van der Waals surface area contributed by atoms with E-state index in [1.165, 1.54) is 6.42 Å². The van der Waals surface area contributed by atoms with E-state index in [0.29, 0.717) is 12.0 Å². The number of guanidine groups is 1. The zero-order chi connectivity index (χ0) is 17.9. The summed E-state index contributed by atoms with van der Waals surface area (Å²) in [6, 6.07) is 0.422. The summed E-state index contributed by atoms with van der Waals surface area (Å²) in [5.41, 5.74) is -0.0545. The number of aliphatic hydroxyl groups is 1. The Morgan fingerprint density at radius 1 is 1.40 bits per heavy atom. The molecule has 1 aliphatic heterocycles. The predicted molar refractivity (Wildman–Crippen MR) is 101 cm³/mol. The van der Waals surface area contributed by atoms with Crippen molar-refractivity contribution in [1.29, 1.82) is 0 Å². The Bertz CT molecular complexity index is 572. The highest BCUT2D eigenvalue weighted by Gasteiger charge is 2.36. The van der Waals surface area contributed by atoms with Gasteiger partial charge < -0.3 is 19.9 Å². The Kier molecular flexibility index (Phi) is 5.67. The summed E-state index contributed by atoms with van der Waals surface area (Å²) in [4.78, 5) is 11.1. The molecule has 4 atom stereocenters. The number of aliphatic hydroxyl groups excluding tert-OH is 1. The van der Waals surface area contributed by atoms with Crippen LogP contribution < -0.4 is 5.32 Å². The van der Waals surface area contributed by atoms with Crippen LogP contribution in [0.4, 0.5) is 0 Å². The smallest absolute Gasteiger partial charge is 0.193 e. The minimum atomic E-state index is -0.216. The first-order chi connectivity index (χ1) is 12.0. The molecule has 2 heterocycles. The maximum atomic E-state index is 10.4. The van der Waals surface area contributed by atoms with Gasteiger partial charge in [-0.3, -0.25) is 4.99 Å². The van der Waals surface area contributed by atoms with Crippen LogP contribution in [0.25, 0.3) is 0 Å². The average Bonchev–Trinajstić information content (AvgIpc) is 3.14. The standard InChI is InChI=1S/C19H33N5O/c1-15-7-10-23(12-16(15)24-11-9-21-14-24)18(20-3)22-13-19(2)8-5-4-6-17(19)25/h9,11,14-17,25H,4-8,10,12-13H2,1-3H3,(H,20,22). The summed E-state index contributed by atoms with van der Waals surface area (Å²) < 4.78 is 2.22. The second-order valence-corrected chi connectivity index (χ2v) is 8.11. The molecule has 1 saturated carbocycles. The molecule has 0 bridgehead atoms. The van der Waals surface area contributed by atoms with Gasteiger partial charge in [0, 0.05) is 44.5 Å². The van der Waals surface area contributed by atoms with Crippen LogP contribution in [-0.4, -0.2) is 58.3 Å². The number of likely N-dealkylation sites (tertiary alicyclic amines) is 1. The largest absolute Gasteiger partial charge is 0.392 e. The fourth-order valence-electron chi connectivity index (χ4n) is 4.30. The third-order valence-electron chi connectivity index (χ3n) is 6.27. The second-order valence-electron chi connectivity index (χ2n) is 8.11. The van der Waals surface area contributed by atoms with Crippen molar-refractivity contribution in [2.24, 2.45) is 16.3 Å². The van der Waals surface area contributed by atoms with Gasteiger partial charge in [-0.05, 0) is 25.2 Å². The quantitative estimate of drug-likeness (QED) is 0.650. The zero-order valence-electron chi connectivity index (χ0n) is 15.9. The first-order valence-corrected chi connectivity index (χ1v) is 9.64. The highest BCUT2D eigenvalue weighted by atomic mass is 16.3. The Morgan fingerprint density at radius 3 is 2.92 bits per heavy atom. The molecular weight excluding hydrogens is 314 g/mol. The summed E-state index contributed by atoms with van der Waals surface area (Å²) in [7, 11) is 1.85. The number of aromatic nitrogens is 2. The van der Waals surface area contributed by atoms with Crippen molar-refractivity contribution in [3.05, 3.63) is 18.7 Å². The van der Waals surface area contributed by atoms with Gasteiger partial charge in [0.05, 0.1) is 18.5 Å². The number of imidazole rings is 1. The van der Waals surface area contributed by atoms with E-state index in [-0.39, 0.29) is 11.5 Å². The monoisotopic (exact) mass is 347 g/mol. The van der Waals surface area contributed by atoms with Crippen LogP contribution in [0.15, 0.2) is 23.7 Å². The summed E-state index contributed by atoms with van der Waals surface area (Å²) in [5, 5.41) is 14.0. The second kappa shape index (κ2) is 7.77. The number of piperidine rings is 1. The Hall–Kier alpha value is -1.56. The van der Waals surface area contributed by atoms with Gasteiger partial charge in [-0.25, -0.2) is 4.98 Å². The third kappa shape index (κ3) is 4.00. The molecule has 2 N–H and O–H groups in total. The van der Waals surface area contributed by atoms with E-state index in [9.17, 15) is 5.11 Å². The molecule has 6 heteroatoms. The number of hydrogen-bond donors (Lipinski definition) is 2. The minimum absolute atomic E-state index is 0.0545. The molecule has 0 amide bonds. The Balaban J connectivity index is 1.63. The van der Waals surface area contributed by atoms with Gasteiger partial charge in [0.1, 0.15) is 0 Å². The van der Waals surface area contributed by atoms with Gasteiger partial charge in [0.2, 0.25) is 0 Å². The summed E-state index contributed by atoms with van der Waals surface area (Å²) in [5.74, 6) is 1.58. The SMILES string of the molecule is CN=C(NCC1(C)CCCCC1O)N1CCC(C)C(n2ccnc2)C1. The molecule has 1 saturated heterocycles. The lowest BCUT2D eigenvalue weighted by Crippen LogP contribution is -2.52. The molecule has 1 aromatic rings. The van der Waals surface area contributed by atoms with E-state index >= 15 is 0 Å². The van der Waals surface area contributed by atoms with Gasteiger partial charge in [-0.2, -0.15) is 0 Å². The molecule has 0 radical (unpaired) electrons. The minimum Gasteiger partial charge on any atom is -0.392 e. The normalized spacial score (nSPS) is 34.2. The number of aliphatic imine (C=N–C) groups is 1. The lowest BCUT2D eigenvalue weighted by atomic mass is 9.73. The van der Waals surface area contributed by atoms with Crippen LogP contribution >= 0.6 is 0 Å². The lowest BCUT2D eigenvalue weighted by molar-refractivity contribution is 0.00348. The van der Waals surface area contributed by atoms with Gasteiger partial charge in [-0.1, -0.05) is 26.7 Å². The van der Waals surface area contributed by atoms with Crippen LogP contribution in [-0.2, 0) is 0 Å². The van der Waals surface area contributed by atoms with Gasteiger partial charge in [-0.15, -0.1) is 0 Å². The van der Waals surface area contributed by atoms with Crippen LogP contribution in [0.5, 0.6) is 0 Å². The molecule has 0 aromatic carbocycles. The predicted octanol–water partition coefficient (Wildman–Crippen LogP) is 2.28. The highest BCUT2D eigenvalue weighted by Crippen LogP contribution is 2.35. The zero-order valence-corrected chi connectivity index (χ0v) is 15.9. The topological polar surface area (TPSA) is 65.7 Å². The molecular formula is C19H33N5O. The molecule has 1 aromatic heterocycles. The number of rotatable bonds is 3. The van der Waals surface area contributed by atoms with E-state index in [4.69, 9.17) is 0 Å². The van der Waals surface area contributed by atoms with Crippen LogP contribution in [0, 0.1) is 11.3 Å². The summed E-state index contributed by atoms with van der Waals surface area (Å²) in [6.07, 6.45) is 11.1. The van der Waals surface area contributed by atoms with Crippen molar-refractivity contribution in [3.63, 3.8) is 0 Å². The fraction of sp³-hybridized carbons (Fsp3) is 0.789. The Labute approximate surface area is 151 Å². The van der Waals surface area contributed by atoms with Gasteiger partial charge >= 0.3 is 0 Å². The van der Waals surface area contributed by atoms with E-state index in [0.717, 1.165) is 51.3 Å². The van der Waals surface area contributed by atoms with Gasteiger partial charge in [0.25, 0.3) is 0 Å². The maximum Gasteiger partial charge on any atom is 0.193 e. The fourth-order valence-corrected chi connectivity index (χ4v) is 4.30. The lowest BCUT2D eigenvalue weighted by Gasteiger charge is -2.42. The highest BCUT2D eigenvalue weighted by molar-refractivity contribution is 5.80. The molecule has 2 aliphatic rings. The first kappa shape index (κ1) is 18.2. The summed E-state index contributed by atoms with van der Waals surface area (Å²) in [6.45, 7) is 7.26. The van der Waals surface area contributed by atoms with E-state index in [1.807, 2.05) is 19.6 Å². The molecule has 6 nitrogen and oxygen atoms in total. The molecule has 2 fully saturated rings. The molecule has 1 aliphatic carbocycles. The van der Waals surface area contributed by atoms with Crippen LogP contribution in [0.1, 0.15) is 52.0 Å². The third-order valence-corrected chi connectivity index (χ3v) is 6.27. The number of hydrogen-bond acceptors (Lipinski definition) is 3. The number of nitrogens with zero attached hydrogens (tertiary/aromatic N) is 4. The summed E-state index contributed by atoms with van der Waals surface area (Å²) >= 11 is 0. The van der Waals surface area contributed by atoms with Crippen molar-refractivity contribution in [2.75, 3.05) is 26.7 Å². The Morgan fingerprint density at radius 2 is 2.24 bits per heavy atom. The van der Waals surface area contributed by atoms with Crippen molar-refractivity contribution in [1.82, 2.24) is 19.8 Å². The molecule has 25 heavy (non-hydrogen) atoms. The van der Waals surface area contributed by atoms with E-state index < -0.39 is 0 Å². The van der Waals surface area contributed by atoms with Crippen molar-refractivity contribution in [2.45, 2.75) is 58.1 Å². The van der Waals surface area contributed by atoms with E-state index in [2.05, 4.69) is 44.8 Å². The van der Waals surface area contributed by atoms with Gasteiger partial charge in [0.15, 0.2) is 5.96 Å². The van der Waals surface area contributed by atoms with Crippen molar-refractivity contribution >= 4 is 5.96 Å². The van der Waals surface area contributed by atoms with Crippen molar-refractivity contribution < 1.29 is 5.11 Å². The number of nitrogens with one attached hydrogen (secondary N) is 1. The van der Waals surface area contributed by atoms with Crippen molar-refractivity contribution in [3.8, 4) is 0 Å². The van der Waals surface area contributed by atoms with Crippen LogP contribution in [0.3, 0.4) is 0 Å².